The van der Waals surface area contributed by atoms with Crippen LogP contribution >= 0.6 is 11.8 Å². The second-order valence-corrected chi connectivity index (χ2v) is 9.25. The number of benzene rings is 2. The van der Waals surface area contributed by atoms with Crippen LogP contribution in [0.4, 0.5) is 4.39 Å². The lowest BCUT2D eigenvalue weighted by atomic mass is 10.0. The van der Waals surface area contributed by atoms with Crippen molar-refractivity contribution in [2.45, 2.75) is 43.5 Å². The summed E-state index contributed by atoms with van der Waals surface area (Å²) in [6, 6.07) is 9.67. The van der Waals surface area contributed by atoms with Crippen LogP contribution in [0.2, 0.25) is 0 Å². The van der Waals surface area contributed by atoms with Gasteiger partial charge in [-0.3, -0.25) is 9.59 Å². The first-order valence-corrected chi connectivity index (χ1v) is 12.4. The van der Waals surface area contributed by atoms with Gasteiger partial charge in [0.05, 0.1) is 12.6 Å². The second kappa shape index (κ2) is 10.9. The van der Waals surface area contributed by atoms with Crippen molar-refractivity contribution in [3.63, 3.8) is 0 Å². The Morgan fingerprint density at radius 3 is 2.73 bits per heavy atom. The maximum atomic E-state index is 14.1. The molecule has 0 bridgehead atoms. The Labute approximate surface area is 197 Å². The minimum absolute atomic E-state index is 0.0416. The van der Waals surface area contributed by atoms with E-state index in [-0.39, 0.29) is 30.3 Å². The molecule has 2 aliphatic heterocycles. The number of rotatable bonds is 7. The maximum absolute atomic E-state index is 14.1. The smallest absolute Gasteiger partial charge is 0.260 e. The Kier molecular flexibility index (Phi) is 7.75. The molecule has 6 nitrogen and oxygen atoms in total. The lowest BCUT2D eigenvalue weighted by Crippen LogP contribution is -2.38. The number of nitrogens with one attached hydrogen (secondary N) is 1. The molecule has 2 heterocycles. The number of amides is 2. The average Bonchev–Trinajstić information content (AvgIpc) is 2.84. The molecule has 1 saturated heterocycles. The van der Waals surface area contributed by atoms with Gasteiger partial charge in [-0.1, -0.05) is 12.1 Å². The Bertz CT molecular complexity index is 1010. The molecule has 1 fully saturated rings. The van der Waals surface area contributed by atoms with E-state index in [0.29, 0.717) is 28.6 Å². The van der Waals surface area contributed by atoms with E-state index in [1.54, 1.807) is 24.3 Å². The van der Waals surface area contributed by atoms with Gasteiger partial charge in [0.2, 0.25) is 0 Å². The van der Waals surface area contributed by atoms with E-state index in [4.69, 9.17) is 9.47 Å². The summed E-state index contributed by atoms with van der Waals surface area (Å²) in [6.45, 7) is 3.72. The number of likely N-dealkylation sites (tertiary alicyclic amines) is 1. The van der Waals surface area contributed by atoms with Crippen molar-refractivity contribution >= 4 is 23.6 Å². The number of halogens is 1. The van der Waals surface area contributed by atoms with Crippen molar-refractivity contribution in [2.24, 2.45) is 0 Å². The molecule has 33 heavy (non-hydrogen) atoms. The maximum Gasteiger partial charge on any atom is 0.260 e. The van der Waals surface area contributed by atoms with E-state index >= 15 is 0 Å². The van der Waals surface area contributed by atoms with Crippen LogP contribution in [0.5, 0.6) is 11.5 Å². The third-order valence-corrected chi connectivity index (χ3v) is 7.06. The van der Waals surface area contributed by atoms with Crippen LogP contribution in [0, 0.1) is 5.82 Å². The first-order valence-electron chi connectivity index (χ1n) is 11.5. The Morgan fingerprint density at radius 2 is 1.94 bits per heavy atom. The van der Waals surface area contributed by atoms with Crippen LogP contribution in [-0.2, 0) is 4.79 Å². The van der Waals surface area contributed by atoms with Crippen molar-refractivity contribution in [1.29, 1.82) is 0 Å². The first-order chi connectivity index (χ1) is 16.1. The van der Waals surface area contributed by atoms with E-state index in [2.05, 4.69) is 5.32 Å². The van der Waals surface area contributed by atoms with Crippen LogP contribution in [0.25, 0.3) is 0 Å². The predicted molar refractivity (Wildman–Crippen MR) is 125 cm³/mol. The third kappa shape index (κ3) is 5.61. The summed E-state index contributed by atoms with van der Waals surface area (Å²) < 4.78 is 25.6. The van der Waals surface area contributed by atoms with Crippen molar-refractivity contribution in [3.8, 4) is 11.5 Å². The quantitative estimate of drug-likeness (QED) is 0.639. The minimum Gasteiger partial charge on any atom is -0.490 e. The van der Waals surface area contributed by atoms with Gasteiger partial charge in [-0.05, 0) is 62.4 Å². The van der Waals surface area contributed by atoms with Crippen molar-refractivity contribution in [2.75, 3.05) is 32.1 Å². The molecule has 2 aromatic carbocycles. The molecule has 0 spiro atoms. The summed E-state index contributed by atoms with van der Waals surface area (Å²) in [5.74, 6) is 1.03. The van der Waals surface area contributed by atoms with Crippen molar-refractivity contribution < 1.29 is 23.5 Å². The van der Waals surface area contributed by atoms with Crippen LogP contribution in [-0.4, -0.2) is 48.8 Å². The van der Waals surface area contributed by atoms with E-state index < -0.39 is 0 Å². The molecule has 0 radical (unpaired) electrons. The van der Waals surface area contributed by atoms with Gasteiger partial charge in [-0.2, -0.15) is 0 Å². The number of carbonyl (C=O) groups excluding carboxylic acids is 2. The fourth-order valence-corrected chi connectivity index (χ4v) is 5.33. The number of hydrogen-bond acceptors (Lipinski definition) is 5. The number of thioether (sulfide) groups is 1. The van der Waals surface area contributed by atoms with E-state index in [1.807, 2.05) is 17.9 Å². The Hall–Kier alpha value is -2.74. The number of ether oxygens (including phenoxy) is 2. The topological polar surface area (TPSA) is 67.9 Å². The molecule has 0 aliphatic carbocycles. The molecule has 0 saturated carbocycles. The minimum atomic E-state index is -0.265. The van der Waals surface area contributed by atoms with Crippen molar-refractivity contribution in [1.82, 2.24) is 10.2 Å². The van der Waals surface area contributed by atoms with Gasteiger partial charge in [-0.25, -0.2) is 4.39 Å². The third-order valence-electron chi connectivity index (χ3n) is 5.90. The van der Waals surface area contributed by atoms with E-state index in [1.165, 1.54) is 17.8 Å². The largest absolute Gasteiger partial charge is 0.490 e. The Balaban J connectivity index is 1.44. The molecule has 8 heteroatoms. The number of piperidine rings is 1. The molecule has 176 valence electrons. The monoisotopic (exact) mass is 472 g/mol. The normalized spacial score (nSPS) is 17.8. The van der Waals surface area contributed by atoms with Gasteiger partial charge >= 0.3 is 0 Å². The summed E-state index contributed by atoms with van der Waals surface area (Å²) in [5.41, 5.74) is 1.23. The molecule has 1 unspecified atom stereocenters. The van der Waals surface area contributed by atoms with E-state index in [9.17, 15) is 14.0 Å². The standard InChI is InChI=1S/C25H29FN2O4S/c1-2-31-22-15-17(9-10-21(22)32-16-23(29)28-12-4-3-5-13-28)25(30)27-20-11-14-33-24-18(20)7-6-8-19(24)26/h6-10,15,20H,2-5,11-14,16H2,1H3,(H,27,30). The highest BCUT2D eigenvalue weighted by molar-refractivity contribution is 7.99. The molecule has 1 N–H and O–H groups in total. The number of carbonyl (C=O) groups is 2. The summed E-state index contributed by atoms with van der Waals surface area (Å²) in [4.78, 5) is 27.8. The highest BCUT2D eigenvalue weighted by atomic mass is 32.2. The first kappa shape index (κ1) is 23.4. The van der Waals surface area contributed by atoms with Crippen LogP contribution < -0.4 is 14.8 Å². The zero-order valence-electron chi connectivity index (χ0n) is 18.8. The second-order valence-electron chi connectivity index (χ2n) is 8.15. The fraction of sp³-hybridized carbons (Fsp3) is 0.440. The summed E-state index contributed by atoms with van der Waals surface area (Å²) in [7, 11) is 0. The number of nitrogens with zero attached hydrogens (tertiary/aromatic N) is 1. The summed E-state index contributed by atoms with van der Waals surface area (Å²) in [5, 5.41) is 3.02. The zero-order chi connectivity index (χ0) is 23.2. The molecule has 1 atom stereocenters. The summed E-state index contributed by atoms with van der Waals surface area (Å²) in [6.07, 6.45) is 3.93. The predicted octanol–water partition coefficient (Wildman–Crippen LogP) is 4.58. The summed E-state index contributed by atoms with van der Waals surface area (Å²) >= 11 is 1.48. The van der Waals surface area contributed by atoms with Gasteiger partial charge in [0, 0.05) is 29.3 Å². The van der Waals surface area contributed by atoms with Gasteiger partial charge in [0.25, 0.3) is 11.8 Å². The SMILES string of the molecule is CCOc1cc(C(=O)NC2CCSc3c(F)cccc32)ccc1OCC(=O)N1CCCCC1. The van der Waals surface area contributed by atoms with Crippen molar-refractivity contribution in [3.05, 3.63) is 53.3 Å². The lowest BCUT2D eigenvalue weighted by molar-refractivity contribution is -0.134. The molecular formula is C25H29FN2O4S. The molecule has 2 aromatic rings. The molecule has 2 aliphatic rings. The number of hydrogen-bond donors (Lipinski definition) is 1. The van der Waals surface area contributed by atoms with Gasteiger partial charge in [-0.15, -0.1) is 11.8 Å². The zero-order valence-corrected chi connectivity index (χ0v) is 19.6. The lowest BCUT2D eigenvalue weighted by Gasteiger charge is -2.27. The van der Waals surface area contributed by atoms with Crippen LogP contribution in [0.15, 0.2) is 41.3 Å². The van der Waals surface area contributed by atoms with Gasteiger partial charge in [0.1, 0.15) is 5.82 Å². The molecule has 2 amide bonds. The van der Waals surface area contributed by atoms with Crippen LogP contribution in [0.1, 0.15) is 54.6 Å². The number of fused-ring (bicyclic) bond motifs is 1. The molecule has 0 aromatic heterocycles. The van der Waals surface area contributed by atoms with Crippen LogP contribution in [0.3, 0.4) is 0 Å². The Morgan fingerprint density at radius 1 is 1.12 bits per heavy atom. The molecule has 4 rings (SSSR count). The van der Waals surface area contributed by atoms with Gasteiger partial charge in [0.15, 0.2) is 18.1 Å². The average molecular weight is 473 g/mol. The molecular weight excluding hydrogens is 443 g/mol. The highest BCUT2D eigenvalue weighted by Gasteiger charge is 2.25. The fourth-order valence-electron chi connectivity index (χ4n) is 4.19. The highest BCUT2D eigenvalue weighted by Crippen LogP contribution is 2.38. The van der Waals surface area contributed by atoms with Gasteiger partial charge < -0.3 is 19.7 Å². The van der Waals surface area contributed by atoms with E-state index in [0.717, 1.165) is 50.1 Å².